The van der Waals surface area contributed by atoms with E-state index in [0.29, 0.717) is 30.9 Å². The van der Waals surface area contributed by atoms with Crippen molar-refractivity contribution in [1.82, 2.24) is 14.6 Å². The molecule has 0 radical (unpaired) electrons. The number of halogens is 1. The summed E-state index contributed by atoms with van der Waals surface area (Å²) in [5.74, 6) is -1.63. The van der Waals surface area contributed by atoms with Crippen LogP contribution in [0.1, 0.15) is 65.8 Å². The van der Waals surface area contributed by atoms with Crippen molar-refractivity contribution >= 4 is 34.9 Å². The lowest BCUT2D eigenvalue weighted by atomic mass is 10.1. The molecule has 1 heterocycles. The Morgan fingerprint density at radius 1 is 1.19 bits per heavy atom. The molecule has 0 aliphatic rings. The first kappa shape index (κ1) is 25.3. The minimum absolute atomic E-state index is 0.0389. The summed E-state index contributed by atoms with van der Waals surface area (Å²) in [5, 5.41) is 2.91. The summed E-state index contributed by atoms with van der Waals surface area (Å²) in [6.45, 7) is 6.58. The van der Waals surface area contributed by atoms with E-state index in [9.17, 15) is 18.8 Å². The van der Waals surface area contributed by atoms with Crippen LogP contribution in [-0.4, -0.2) is 39.6 Å². The molecule has 174 valence electrons. The highest BCUT2D eigenvalue weighted by atomic mass is 32.1. The van der Waals surface area contributed by atoms with Gasteiger partial charge in [-0.1, -0.05) is 39.3 Å². The molecule has 1 aromatic heterocycles. The minimum Gasteiger partial charge on any atom is -0.395 e. The molecule has 5 N–H and O–H groups in total. The SMILES string of the molecule is CCC[C@@H](C(=O)NCCC(C)C)N(Cc1ccc(F)cc1)C(=O)c1snc(C(N)=O)c1N. The highest BCUT2D eigenvalue weighted by Crippen LogP contribution is 2.26. The van der Waals surface area contributed by atoms with Gasteiger partial charge in [0.25, 0.3) is 11.8 Å². The molecule has 2 rings (SSSR count). The van der Waals surface area contributed by atoms with Crippen molar-refractivity contribution in [2.45, 2.75) is 52.6 Å². The van der Waals surface area contributed by atoms with Crippen LogP contribution in [0.2, 0.25) is 0 Å². The molecule has 0 unspecified atom stereocenters. The number of aromatic nitrogens is 1. The van der Waals surface area contributed by atoms with Crippen LogP contribution in [0.3, 0.4) is 0 Å². The molecule has 1 aromatic carbocycles. The van der Waals surface area contributed by atoms with E-state index in [2.05, 4.69) is 23.5 Å². The molecule has 3 amide bonds. The van der Waals surface area contributed by atoms with Gasteiger partial charge >= 0.3 is 0 Å². The van der Waals surface area contributed by atoms with Gasteiger partial charge in [0.2, 0.25) is 5.91 Å². The molecule has 0 saturated carbocycles. The van der Waals surface area contributed by atoms with E-state index in [1.165, 1.54) is 17.0 Å². The fraction of sp³-hybridized carbons (Fsp3) is 0.455. The quantitative estimate of drug-likeness (QED) is 0.471. The van der Waals surface area contributed by atoms with Gasteiger partial charge in [0, 0.05) is 13.1 Å². The number of carbonyl (C=O) groups excluding carboxylic acids is 3. The van der Waals surface area contributed by atoms with Gasteiger partial charge in [-0.3, -0.25) is 14.4 Å². The van der Waals surface area contributed by atoms with E-state index in [4.69, 9.17) is 11.5 Å². The average Bonchev–Trinajstić information content (AvgIpc) is 3.12. The number of hydrogen-bond acceptors (Lipinski definition) is 6. The molecule has 10 heteroatoms. The lowest BCUT2D eigenvalue weighted by Gasteiger charge is -2.31. The van der Waals surface area contributed by atoms with Crippen molar-refractivity contribution in [3.8, 4) is 0 Å². The summed E-state index contributed by atoms with van der Waals surface area (Å²) in [4.78, 5) is 39.5. The fourth-order valence-electron chi connectivity index (χ4n) is 3.17. The highest BCUT2D eigenvalue weighted by Gasteiger charge is 2.33. The predicted octanol–water partition coefficient (Wildman–Crippen LogP) is 2.94. The van der Waals surface area contributed by atoms with Gasteiger partial charge in [0.05, 0.1) is 5.69 Å². The Kier molecular flexibility index (Phi) is 9.13. The van der Waals surface area contributed by atoms with E-state index in [1.54, 1.807) is 12.1 Å². The average molecular weight is 464 g/mol. The van der Waals surface area contributed by atoms with Crippen LogP contribution >= 0.6 is 11.5 Å². The molecule has 0 spiro atoms. The fourth-order valence-corrected chi connectivity index (χ4v) is 3.93. The normalized spacial score (nSPS) is 11.9. The zero-order valence-electron chi connectivity index (χ0n) is 18.6. The largest absolute Gasteiger partial charge is 0.395 e. The van der Waals surface area contributed by atoms with Gasteiger partial charge in [-0.05, 0) is 48.0 Å². The van der Waals surface area contributed by atoms with Gasteiger partial charge in [-0.2, -0.15) is 4.37 Å². The number of nitrogens with two attached hydrogens (primary N) is 2. The smallest absolute Gasteiger partial charge is 0.270 e. The second-order valence-corrected chi connectivity index (χ2v) is 8.75. The van der Waals surface area contributed by atoms with Gasteiger partial charge in [-0.15, -0.1) is 0 Å². The Morgan fingerprint density at radius 2 is 1.84 bits per heavy atom. The van der Waals surface area contributed by atoms with Crippen molar-refractivity contribution in [2.24, 2.45) is 11.7 Å². The number of anilines is 1. The third kappa shape index (κ3) is 6.49. The number of nitrogens with one attached hydrogen (secondary N) is 1. The molecule has 0 bridgehead atoms. The zero-order valence-corrected chi connectivity index (χ0v) is 19.4. The minimum atomic E-state index is -0.834. The molecular formula is C22H30FN5O3S. The standard InChI is InChI=1S/C22H30FN5O3S/c1-4-5-16(21(30)26-11-10-13(2)3)28(12-14-6-8-15(23)9-7-14)22(31)19-17(24)18(20(25)29)27-32-19/h6-9,13,16H,4-5,10-12,24H2,1-3H3,(H2,25,29)(H,26,30)/t16-/m0/s1. The van der Waals surface area contributed by atoms with Crippen LogP contribution in [0, 0.1) is 11.7 Å². The maximum atomic E-state index is 13.5. The van der Waals surface area contributed by atoms with Crippen LogP contribution < -0.4 is 16.8 Å². The van der Waals surface area contributed by atoms with E-state index in [0.717, 1.165) is 18.0 Å². The summed E-state index contributed by atoms with van der Waals surface area (Å²) in [5.41, 5.74) is 11.6. The number of benzene rings is 1. The monoisotopic (exact) mass is 463 g/mol. The van der Waals surface area contributed by atoms with Gasteiger partial charge in [-0.25, -0.2) is 4.39 Å². The van der Waals surface area contributed by atoms with Crippen molar-refractivity contribution in [2.75, 3.05) is 12.3 Å². The second kappa shape index (κ2) is 11.6. The van der Waals surface area contributed by atoms with E-state index in [1.807, 2.05) is 6.92 Å². The Bertz CT molecular complexity index is 946. The number of rotatable bonds is 11. The predicted molar refractivity (Wildman–Crippen MR) is 122 cm³/mol. The summed E-state index contributed by atoms with van der Waals surface area (Å²) >= 11 is 0.764. The van der Waals surface area contributed by atoms with E-state index < -0.39 is 23.7 Å². The molecule has 32 heavy (non-hydrogen) atoms. The third-order valence-electron chi connectivity index (χ3n) is 4.94. The maximum absolute atomic E-state index is 13.5. The number of carbonyl (C=O) groups is 3. The topological polar surface area (TPSA) is 131 Å². The van der Waals surface area contributed by atoms with Crippen molar-refractivity contribution < 1.29 is 18.8 Å². The van der Waals surface area contributed by atoms with Crippen molar-refractivity contribution in [1.29, 1.82) is 0 Å². The summed E-state index contributed by atoms with van der Waals surface area (Å²) in [6, 6.07) is 4.92. The summed E-state index contributed by atoms with van der Waals surface area (Å²) in [7, 11) is 0. The molecule has 0 aliphatic heterocycles. The van der Waals surface area contributed by atoms with Crippen LogP contribution in [0.25, 0.3) is 0 Å². The number of nitrogen functional groups attached to an aromatic ring is 1. The van der Waals surface area contributed by atoms with Crippen LogP contribution in [0.5, 0.6) is 0 Å². The summed E-state index contributed by atoms with van der Waals surface area (Å²) in [6.07, 6.45) is 1.88. The number of nitrogens with zero attached hydrogens (tertiary/aromatic N) is 2. The molecule has 2 aromatic rings. The summed E-state index contributed by atoms with van der Waals surface area (Å²) < 4.78 is 17.3. The molecule has 0 fully saturated rings. The first-order chi connectivity index (χ1) is 15.1. The Hall–Kier alpha value is -3.01. The van der Waals surface area contributed by atoms with Gasteiger partial charge in [0.15, 0.2) is 5.69 Å². The van der Waals surface area contributed by atoms with Crippen LogP contribution in [-0.2, 0) is 11.3 Å². The Morgan fingerprint density at radius 3 is 2.38 bits per heavy atom. The highest BCUT2D eigenvalue weighted by molar-refractivity contribution is 7.09. The second-order valence-electron chi connectivity index (χ2n) is 7.98. The number of amides is 3. The molecular weight excluding hydrogens is 433 g/mol. The van der Waals surface area contributed by atoms with Crippen LogP contribution in [0.4, 0.5) is 10.1 Å². The first-order valence-corrected chi connectivity index (χ1v) is 11.3. The first-order valence-electron chi connectivity index (χ1n) is 10.5. The Labute approximate surface area is 191 Å². The molecule has 0 aliphatic carbocycles. The lowest BCUT2D eigenvalue weighted by molar-refractivity contribution is -0.126. The van der Waals surface area contributed by atoms with Crippen molar-refractivity contribution in [3.05, 3.63) is 46.2 Å². The number of primary amides is 1. The molecule has 8 nitrogen and oxygen atoms in total. The van der Waals surface area contributed by atoms with E-state index in [-0.39, 0.29) is 28.7 Å². The lowest BCUT2D eigenvalue weighted by Crippen LogP contribution is -2.49. The number of hydrogen-bond donors (Lipinski definition) is 3. The van der Waals surface area contributed by atoms with Crippen molar-refractivity contribution in [3.63, 3.8) is 0 Å². The third-order valence-corrected chi connectivity index (χ3v) is 5.80. The maximum Gasteiger partial charge on any atom is 0.270 e. The molecule has 1 atom stereocenters. The van der Waals surface area contributed by atoms with Gasteiger partial charge < -0.3 is 21.7 Å². The van der Waals surface area contributed by atoms with Crippen LogP contribution in [0.15, 0.2) is 24.3 Å². The van der Waals surface area contributed by atoms with E-state index >= 15 is 0 Å². The molecule has 0 saturated heterocycles. The Balaban J connectivity index is 2.40. The zero-order chi connectivity index (χ0) is 23.8. The van der Waals surface area contributed by atoms with Gasteiger partial charge in [0.1, 0.15) is 16.7 Å².